The smallest absolute Gasteiger partial charge is 0.327 e. The third-order valence-corrected chi connectivity index (χ3v) is 4.32. The minimum atomic E-state index is -1.06. The molecule has 0 bridgehead atoms. The highest BCUT2D eigenvalue weighted by Gasteiger charge is 2.36. The number of nitrogens with zero attached hydrogens (tertiary/aromatic N) is 2. The van der Waals surface area contributed by atoms with Crippen molar-refractivity contribution in [1.29, 1.82) is 0 Å². The van der Waals surface area contributed by atoms with Crippen LogP contribution in [0.3, 0.4) is 0 Å². The van der Waals surface area contributed by atoms with E-state index in [0.717, 1.165) is 0 Å². The molecule has 0 saturated carbocycles. The van der Waals surface area contributed by atoms with Gasteiger partial charge in [0.15, 0.2) is 0 Å². The van der Waals surface area contributed by atoms with Crippen molar-refractivity contribution >= 4 is 23.6 Å². The highest BCUT2D eigenvalue weighted by molar-refractivity contribution is 7.99. The Labute approximate surface area is 125 Å². The Morgan fingerprint density at radius 2 is 2.14 bits per heavy atom. The quantitative estimate of drug-likeness (QED) is 0.856. The molecule has 0 aromatic carbocycles. The summed E-state index contributed by atoms with van der Waals surface area (Å²) in [7, 11) is 0. The first-order chi connectivity index (χ1) is 9.82. The molecule has 8 heteroatoms. The van der Waals surface area contributed by atoms with Gasteiger partial charge in [-0.1, -0.05) is 13.8 Å². The van der Waals surface area contributed by atoms with E-state index in [1.807, 2.05) is 13.8 Å². The third kappa shape index (κ3) is 2.94. The average Bonchev–Trinajstić information content (AvgIpc) is 2.86. The second-order valence-corrected chi connectivity index (χ2v) is 6.19. The first-order valence-corrected chi connectivity index (χ1v) is 7.70. The van der Waals surface area contributed by atoms with Crippen molar-refractivity contribution in [3.63, 3.8) is 0 Å². The second kappa shape index (κ2) is 5.88. The molecular formula is C13H17N3O4S. The normalized spacial score (nSPS) is 18.3. The maximum absolute atomic E-state index is 12.5. The van der Waals surface area contributed by atoms with E-state index in [1.54, 1.807) is 6.92 Å². The summed E-state index contributed by atoms with van der Waals surface area (Å²) in [6.45, 7) is 5.36. The summed E-state index contributed by atoms with van der Waals surface area (Å²) in [6.07, 6.45) is 0. The molecule has 0 aliphatic carbocycles. The zero-order valence-electron chi connectivity index (χ0n) is 12.0. The second-order valence-electron chi connectivity index (χ2n) is 5.20. The Morgan fingerprint density at radius 1 is 1.48 bits per heavy atom. The standard InChI is InChI=1S/C13H17N3O4S/c1-6(2)10-14-7(3)9(11(17)15-10)12(18)16-5-21-4-8(16)13(19)20/h6,8H,4-5H2,1-3H3,(H,19,20)(H,14,15,17)/t8-/m0/s1. The molecular weight excluding hydrogens is 294 g/mol. The zero-order valence-corrected chi connectivity index (χ0v) is 12.9. The van der Waals surface area contributed by atoms with Crippen LogP contribution in [0.2, 0.25) is 0 Å². The Hall–Kier alpha value is -1.83. The van der Waals surface area contributed by atoms with Crippen molar-refractivity contribution < 1.29 is 14.7 Å². The van der Waals surface area contributed by atoms with Crippen LogP contribution in [-0.2, 0) is 4.79 Å². The van der Waals surface area contributed by atoms with Gasteiger partial charge in [-0.15, -0.1) is 11.8 Å². The van der Waals surface area contributed by atoms with Crippen LogP contribution in [0.5, 0.6) is 0 Å². The van der Waals surface area contributed by atoms with Crippen LogP contribution in [-0.4, -0.2) is 49.5 Å². The minimum absolute atomic E-state index is 0.0367. The SMILES string of the molecule is Cc1nc(C(C)C)[nH]c(=O)c1C(=O)N1CSC[C@H]1C(=O)O. The molecule has 1 aliphatic rings. The number of aliphatic carboxylic acids is 1. The number of nitrogens with one attached hydrogen (secondary N) is 1. The largest absolute Gasteiger partial charge is 0.480 e. The third-order valence-electron chi connectivity index (χ3n) is 3.31. The molecule has 1 aliphatic heterocycles. The molecule has 1 fully saturated rings. The number of carboxylic acid groups (broad SMARTS) is 1. The lowest BCUT2D eigenvalue weighted by Crippen LogP contribution is -2.44. The van der Waals surface area contributed by atoms with Crippen molar-refractivity contribution in [1.82, 2.24) is 14.9 Å². The van der Waals surface area contributed by atoms with Gasteiger partial charge < -0.3 is 15.0 Å². The van der Waals surface area contributed by atoms with Crippen LogP contribution in [0.4, 0.5) is 0 Å². The summed E-state index contributed by atoms with van der Waals surface area (Å²) < 4.78 is 0. The zero-order chi connectivity index (χ0) is 15.7. The van der Waals surface area contributed by atoms with Gasteiger partial charge in [0.2, 0.25) is 0 Å². The van der Waals surface area contributed by atoms with E-state index in [9.17, 15) is 14.4 Å². The minimum Gasteiger partial charge on any atom is -0.480 e. The molecule has 2 rings (SSSR count). The molecule has 2 heterocycles. The van der Waals surface area contributed by atoms with Gasteiger partial charge in [-0.2, -0.15) is 0 Å². The van der Waals surface area contributed by atoms with E-state index in [4.69, 9.17) is 5.11 Å². The molecule has 1 saturated heterocycles. The van der Waals surface area contributed by atoms with Crippen LogP contribution in [0.1, 0.15) is 41.6 Å². The number of carbonyl (C=O) groups is 2. The number of carboxylic acids is 1. The van der Waals surface area contributed by atoms with Gasteiger partial charge in [0.25, 0.3) is 11.5 Å². The Balaban J connectivity index is 2.40. The molecule has 114 valence electrons. The molecule has 21 heavy (non-hydrogen) atoms. The highest BCUT2D eigenvalue weighted by Crippen LogP contribution is 2.23. The fraction of sp³-hybridized carbons (Fsp3) is 0.538. The predicted octanol–water partition coefficient (Wildman–Crippen LogP) is 0.801. The van der Waals surface area contributed by atoms with Crippen molar-refractivity contribution in [2.45, 2.75) is 32.7 Å². The summed E-state index contributed by atoms with van der Waals surface area (Å²) in [5.74, 6) is -0.492. The van der Waals surface area contributed by atoms with Crippen molar-refractivity contribution in [2.75, 3.05) is 11.6 Å². The number of H-pyrrole nitrogens is 1. The van der Waals surface area contributed by atoms with Gasteiger partial charge in [0.1, 0.15) is 17.4 Å². The highest BCUT2D eigenvalue weighted by atomic mass is 32.2. The topological polar surface area (TPSA) is 103 Å². The molecule has 0 unspecified atom stereocenters. The van der Waals surface area contributed by atoms with Gasteiger partial charge >= 0.3 is 5.97 Å². The number of thioether (sulfide) groups is 1. The van der Waals surface area contributed by atoms with Crippen LogP contribution in [0.15, 0.2) is 4.79 Å². The molecule has 1 atom stereocenters. The summed E-state index contributed by atoms with van der Waals surface area (Å²) in [5, 5.41) is 9.13. The van der Waals surface area contributed by atoms with Crippen LogP contribution in [0.25, 0.3) is 0 Å². The van der Waals surface area contributed by atoms with Gasteiger partial charge in [-0.05, 0) is 6.92 Å². The monoisotopic (exact) mass is 311 g/mol. The van der Waals surface area contributed by atoms with Crippen molar-refractivity contribution in [2.24, 2.45) is 0 Å². The van der Waals surface area contributed by atoms with Crippen LogP contribution in [0, 0.1) is 6.92 Å². The molecule has 1 amide bonds. The fourth-order valence-electron chi connectivity index (χ4n) is 2.12. The number of carbonyl (C=O) groups excluding carboxylic acids is 1. The lowest BCUT2D eigenvalue weighted by molar-refractivity contribution is -0.140. The fourth-order valence-corrected chi connectivity index (χ4v) is 3.27. The summed E-state index contributed by atoms with van der Waals surface area (Å²) in [5.41, 5.74) is -0.265. The Morgan fingerprint density at radius 3 is 2.67 bits per heavy atom. The van der Waals surface area contributed by atoms with Crippen LogP contribution < -0.4 is 5.56 Å². The summed E-state index contributed by atoms with van der Waals surface area (Å²) >= 11 is 1.35. The van der Waals surface area contributed by atoms with Gasteiger partial charge in [0, 0.05) is 11.7 Å². The van der Waals surface area contributed by atoms with E-state index in [-0.39, 0.29) is 17.4 Å². The maximum atomic E-state index is 12.5. The Kier molecular flexibility index (Phi) is 4.36. The summed E-state index contributed by atoms with van der Waals surface area (Å²) in [6, 6.07) is -0.897. The lowest BCUT2D eigenvalue weighted by atomic mass is 10.1. The molecule has 2 N–H and O–H groups in total. The number of hydrogen-bond acceptors (Lipinski definition) is 5. The van der Waals surface area contributed by atoms with Gasteiger partial charge in [-0.3, -0.25) is 9.59 Å². The predicted molar refractivity (Wildman–Crippen MR) is 78.6 cm³/mol. The van der Waals surface area contributed by atoms with Crippen LogP contribution >= 0.6 is 11.8 Å². The maximum Gasteiger partial charge on any atom is 0.327 e. The number of amides is 1. The molecule has 1 aromatic heterocycles. The average molecular weight is 311 g/mol. The molecule has 1 aromatic rings. The number of aryl methyl sites for hydroxylation is 1. The number of rotatable bonds is 3. The summed E-state index contributed by atoms with van der Waals surface area (Å²) in [4.78, 5) is 43.8. The van der Waals surface area contributed by atoms with E-state index in [0.29, 0.717) is 17.3 Å². The van der Waals surface area contributed by atoms with Gasteiger partial charge in [0.05, 0.1) is 11.6 Å². The first-order valence-electron chi connectivity index (χ1n) is 6.55. The van der Waals surface area contributed by atoms with E-state index in [1.165, 1.54) is 16.7 Å². The number of aromatic nitrogens is 2. The Bertz CT molecular complexity index is 641. The molecule has 0 spiro atoms. The molecule has 7 nitrogen and oxygen atoms in total. The van der Waals surface area contributed by atoms with Gasteiger partial charge in [-0.25, -0.2) is 9.78 Å². The number of aromatic amines is 1. The van der Waals surface area contributed by atoms with Crippen molar-refractivity contribution in [3.05, 3.63) is 27.4 Å². The molecule has 0 radical (unpaired) electrons. The van der Waals surface area contributed by atoms with E-state index < -0.39 is 23.5 Å². The van der Waals surface area contributed by atoms with E-state index >= 15 is 0 Å². The number of hydrogen-bond donors (Lipinski definition) is 2. The van der Waals surface area contributed by atoms with Crippen molar-refractivity contribution in [3.8, 4) is 0 Å². The first kappa shape index (κ1) is 15.6. The lowest BCUT2D eigenvalue weighted by Gasteiger charge is -2.21. The van der Waals surface area contributed by atoms with E-state index in [2.05, 4.69) is 9.97 Å².